The summed E-state index contributed by atoms with van der Waals surface area (Å²) in [5.41, 5.74) is 0. The van der Waals surface area contributed by atoms with Crippen LogP contribution in [0.2, 0.25) is 0 Å². The summed E-state index contributed by atoms with van der Waals surface area (Å²) in [6, 6.07) is -0.0160. The number of likely N-dealkylation sites (N-methyl/N-ethyl adjacent to an activating group) is 1. The molecule has 0 radical (unpaired) electrons. The van der Waals surface area contributed by atoms with Gasteiger partial charge < -0.3 is 15.3 Å². The van der Waals surface area contributed by atoms with E-state index in [1.807, 2.05) is 11.9 Å². The van der Waals surface area contributed by atoms with Crippen molar-refractivity contribution in [2.24, 2.45) is 0 Å². The Morgan fingerprint density at radius 3 is 3.00 bits per heavy atom. The molecule has 0 spiro atoms. The second-order valence-corrected chi connectivity index (χ2v) is 3.95. The first kappa shape index (κ1) is 11.5. The molecular weight excluding hydrogens is 180 g/mol. The van der Waals surface area contributed by atoms with Crippen molar-refractivity contribution >= 4 is 5.91 Å². The summed E-state index contributed by atoms with van der Waals surface area (Å²) in [7, 11) is 1.82. The van der Waals surface area contributed by atoms with E-state index in [4.69, 9.17) is 5.11 Å². The highest BCUT2D eigenvalue weighted by Crippen LogP contribution is 2.12. The average molecular weight is 200 g/mol. The maximum atomic E-state index is 11.8. The maximum Gasteiger partial charge on any atom is 0.239 e. The van der Waals surface area contributed by atoms with Crippen LogP contribution in [0.3, 0.4) is 0 Å². The van der Waals surface area contributed by atoms with Crippen LogP contribution in [0.5, 0.6) is 0 Å². The van der Waals surface area contributed by atoms with Gasteiger partial charge in [-0.15, -0.1) is 0 Å². The van der Waals surface area contributed by atoms with Crippen molar-refractivity contribution in [2.45, 2.75) is 38.3 Å². The molecule has 2 atom stereocenters. The Morgan fingerprint density at radius 1 is 1.71 bits per heavy atom. The van der Waals surface area contributed by atoms with Crippen molar-refractivity contribution in [1.82, 2.24) is 10.2 Å². The van der Waals surface area contributed by atoms with Crippen molar-refractivity contribution in [3.63, 3.8) is 0 Å². The van der Waals surface area contributed by atoms with Crippen molar-refractivity contribution in [1.29, 1.82) is 0 Å². The summed E-state index contributed by atoms with van der Waals surface area (Å²) in [6.07, 6.45) is 2.33. The number of nitrogens with zero attached hydrogens (tertiary/aromatic N) is 1. The zero-order valence-electron chi connectivity index (χ0n) is 8.99. The van der Waals surface area contributed by atoms with Gasteiger partial charge in [-0.3, -0.25) is 4.79 Å². The highest BCUT2D eigenvalue weighted by Gasteiger charge is 2.26. The molecule has 0 aromatic heterocycles. The van der Waals surface area contributed by atoms with Gasteiger partial charge in [0.1, 0.15) is 0 Å². The quantitative estimate of drug-likeness (QED) is 0.670. The Balaban J connectivity index is 2.40. The molecule has 1 aliphatic rings. The molecule has 2 unspecified atom stereocenters. The van der Waals surface area contributed by atoms with E-state index in [1.54, 1.807) is 6.92 Å². The normalized spacial score (nSPS) is 25.2. The van der Waals surface area contributed by atoms with Gasteiger partial charge in [0.2, 0.25) is 5.91 Å². The fourth-order valence-corrected chi connectivity index (χ4v) is 1.77. The highest BCUT2D eigenvalue weighted by molar-refractivity contribution is 5.82. The van der Waals surface area contributed by atoms with Gasteiger partial charge in [-0.1, -0.05) is 0 Å². The fraction of sp³-hybridized carbons (Fsp3) is 0.900. The van der Waals surface area contributed by atoms with Gasteiger partial charge in [-0.05, 0) is 33.2 Å². The van der Waals surface area contributed by atoms with Crippen LogP contribution < -0.4 is 5.32 Å². The number of hydrogen-bond acceptors (Lipinski definition) is 3. The molecule has 82 valence electrons. The molecule has 0 aliphatic carbocycles. The third-order valence-corrected chi connectivity index (χ3v) is 2.70. The van der Waals surface area contributed by atoms with Crippen LogP contribution in [0, 0.1) is 0 Å². The van der Waals surface area contributed by atoms with Crippen molar-refractivity contribution in [3.05, 3.63) is 0 Å². The molecular formula is C10H20N2O2. The van der Waals surface area contributed by atoms with E-state index in [0.29, 0.717) is 13.0 Å². The Kier molecular flexibility index (Phi) is 4.35. The van der Waals surface area contributed by atoms with Gasteiger partial charge >= 0.3 is 0 Å². The molecule has 1 heterocycles. The lowest BCUT2D eigenvalue weighted by atomic mass is 10.0. The first-order valence-corrected chi connectivity index (χ1v) is 5.29. The number of rotatable bonds is 4. The Hall–Kier alpha value is -0.610. The summed E-state index contributed by atoms with van der Waals surface area (Å²) >= 11 is 0. The molecule has 0 saturated carbocycles. The van der Waals surface area contributed by atoms with Crippen LogP contribution in [-0.2, 0) is 4.79 Å². The molecule has 2 N–H and O–H groups in total. The summed E-state index contributed by atoms with van der Waals surface area (Å²) in [6.45, 7) is 3.27. The smallest absolute Gasteiger partial charge is 0.239 e. The molecule has 1 saturated heterocycles. The summed E-state index contributed by atoms with van der Waals surface area (Å²) < 4.78 is 0. The molecule has 1 fully saturated rings. The first-order chi connectivity index (χ1) is 6.65. The molecule has 1 rings (SSSR count). The lowest BCUT2D eigenvalue weighted by Gasteiger charge is -2.32. The van der Waals surface area contributed by atoms with E-state index in [-0.39, 0.29) is 18.1 Å². The summed E-state index contributed by atoms with van der Waals surface area (Å²) in [5, 5.41) is 12.2. The minimum atomic E-state index is -0.322. The van der Waals surface area contributed by atoms with E-state index < -0.39 is 0 Å². The van der Waals surface area contributed by atoms with Gasteiger partial charge in [0.15, 0.2) is 0 Å². The van der Waals surface area contributed by atoms with Crippen LogP contribution in [0.25, 0.3) is 0 Å². The maximum absolute atomic E-state index is 11.8. The monoisotopic (exact) mass is 200 g/mol. The number of hydrogen-bond donors (Lipinski definition) is 2. The number of likely N-dealkylation sites (tertiary alicyclic amines) is 1. The minimum absolute atomic E-state index is 0.0160. The zero-order valence-corrected chi connectivity index (χ0v) is 8.99. The standard InChI is InChI=1S/C10H20N2O2/c1-8(13)5-7-12-6-3-4-9(11-2)10(12)14/h8-9,11,13H,3-7H2,1-2H3. The first-order valence-electron chi connectivity index (χ1n) is 5.29. The van der Waals surface area contributed by atoms with Gasteiger partial charge in [0.25, 0.3) is 0 Å². The van der Waals surface area contributed by atoms with Gasteiger partial charge in [-0.2, -0.15) is 0 Å². The number of piperidine rings is 1. The second kappa shape index (κ2) is 5.32. The van der Waals surface area contributed by atoms with Crippen LogP contribution in [-0.4, -0.2) is 48.2 Å². The predicted molar refractivity (Wildman–Crippen MR) is 55.0 cm³/mol. The van der Waals surface area contributed by atoms with Crippen LogP contribution in [0.15, 0.2) is 0 Å². The van der Waals surface area contributed by atoms with E-state index in [2.05, 4.69) is 5.32 Å². The number of amides is 1. The van der Waals surface area contributed by atoms with Gasteiger partial charge in [0, 0.05) is 13.1 Å². The Bertz CT molecular complexity index is 195. The van der Waals surface area contributed by atoms with Crippen molar-refractivity contribution in [3.8, 4) is 0 Å². The highest BCUT2D eigenvalue weighted by atomic mass is 16.3. The van der Waals surface area contributed by atoms with Gasteiger partial charge in [0.05, 0.1) is 12.1 Å². The van der Waals surface area contributed by atoms with Crippen molar-refractivity contribution < 1.29 is 9.90 Å². The molecule has 0 bridgehead atoms. The average Bonchev–Trinajstić information content (AvgIpc) is 2.16. The topological polar surface area (TPSA) is 52.6 Å². The Morgan fingerprint density at radius 2 is 2.43 bits per heavy atom. The summed E-state index contributed by atoms with van der Waals surface area (Å²) in [4.78, 5) is 13.6. The molecule has 1 aliphatic heterocycles. The number of aliphatic hydroxyl groups excluding tert-OH is 1. The largest absolute Gasteiger partial charge is 0.393 e. The lowest BCUT2D eigenvalue weighted by molar-refractivity contribution is -0.136. The van der Waals surface area contributed by atoms with E-state index >= 15 is 0 Å². The van der Waals surface area contributed by atoms with Crippen LogP contribution >= 0.6 is 0 Å². The molecule has 4 heteroatoms. The number of carbonyl (C=O) groups is 1. The SMILES string of the molecule is CNC1CCCN(CCC(C)O)C1=O. The molecule has 14 heavy (non-hydrogen) atoms. The van der Waals surface area contributed by atoms with Crippen LogP contribution in [0.1, 0.15) is 26.2 Å². The third-order valence-electron chi connectivity index (χ3n) is 2.70. The fourth-order valence-electron chi connectivity index (χ4n) is 1.77. The number of carbonyl (C=O) groups excluding carboxylic acids is 1. The predicted octanol–water partition coefficient (Wildman–Crippen LogP) is -0.0323. The minimum Gasteiger partial charge on any atom is -0.393 e. The summed E-state index contributed by atoms with van der Waals surface area (Å²) in [5.74, 6) is 0.180. The molecule has 1 amide bonds. The third kappa shape index (κ3) is 2.96. The Labute approximate surface area is 85.3 Å². The van der Waals surface area contributed by atoms with Crippen molar-refractivity contribution in [2.75, 3.05) is 20.1 Å². The number of aliphatic hydroxyl groups is 1. The number of nitrogens with one attached hydrogen (secondary N) is 1. The second-order valence-electron chi connectivity index (χ2n) is 3.95. The van der Waals surface area contributed by atoms with E-state index in [9.17, 15) is 4.79 Å². The molecule has 0 aromatic carbocycles. The van der Waals surface area contributed by atoms with Gasteiger partial charge in [-0.25, -0.2) is 0 Å². The zero-order chi connectivity index (χ0) is 10.6. The molecule has 4 nitrogen and oxygen atoms in total. The van der Waals surface area contributed by atoms with E-state index in [0.717, 1.165) is 19.4 Å². The molecule has 0 aromatic rings. The van der Waals surface area contributed by atoms with Crippen LogP contribution in [0.4, 0.5) is 0 Å². The lowest BCUT2D eigenvalue weighted by Crippen LogP contribution is -2.50. The van der Waals surface area contributed by atoms with E-state index in [1.165, 1.54) is 0 Å².